The molecule has 5 nitrogen and oxygen atoms in total. The molecule has 0 unspecified atom stereocenters. The van der Waals surface area contributed by atoms with Gasteiger partial charge in [-0.2, -0.15) is 0 Å². The van der Waals surface area contributed by atoms with Crippen LogP contribution in [0.2, 0.25) is 15.1 Å². The minimum absolute atomic E-state index is 0.0430. The molecule has 0 aliphatic heterocycles. The molecule has 9 heteroatoms. The third-order valence-corrected chi connectivity index (χ3v) is 5.89. The molecule has 0 atom stereocenters. The van der Waals surface area contributed by atoms with E-state index >= 15 is 0 Å². The van der Waals surface area contributed by atoms with Crippen LogP contribution in [-0.2, 0) is 10.0 Å². The lowest BCUT2D eigenvalue weighted by molar-refractivity contribution is 0.0945. The van der Waals surface area contributed by atoms with Gasteiger partial charge in [-0.15, -0.1) is 4.83 Å². The lowest BCUT2D eigenvalue weighted by Gasteiger charge is -2.14. The summed E-state index contributed by atoms with van der Waals surface area (Å²) in [4.78, 5) is 13.9. The summed E-state index contributed by atoms with van der Waals surface area (Å²) in [5.74, 6) is -0.659. The van der Waals surface area contributed by atoms with Gasteiger partial charge in [0.25, 0.3) is 15.9 Å². The first-order chi connectivity index (χ1) is 11.1. The molecule has 0 heterocycles. The van der Waals surface area contributed by atoms with Crippen LogP contribution in [0.1, 0.15) is 21.5 Å². The van der Waals surface area contributed by atoms with Crippen molar-refractivity contribution in [3.05, 3.63) is 62.1 Å². The van der Waals surface area contributed by atoms with E-state index in [2.05, 4.69) is 5.43 Å². The third kappa shape index (κ3) is 4.02. The first-order valence-electron chi connectivity index (χ1n) is 6.66. The molecule has 2 rings (SSSR count). The number of rotatable bonds is 4. The molecule has 2 N–H and O–H groups in total. The average molecular weight is 408 g/mol. The van der Waals surface area contributed by atoms with E-state index in [0.29, 0.717) is 10.6 Å². The average Bonchev–Trinajstić information content (AvgIpc) is 2.51. The molecule has 0 bridgehead atoms. The number of carbonyl (C=O) groups is 1. The van der Waals surface area contributed by atoms with Gasteiger partial charge in [-0.3, -0.25) is 10.2 Å². The second kappa shape index (κ2) is 7.29. The number of halogens is 3. The maximum Gasteiger partial charge on any atom is 0.266 e. The zero-order chi connectivity index (χ0) is 18.1. The van der Waals surface area contributed by atoms with E-state index in [1.54, 1.807) is 25.1 Å². The lowest BCUT2D eigenvalue weighted by atomic mass is 10.2. The Morgan fingerprint density at radius 1 is 1.08 bits per heavy atom. The van der Waals surface area contributed by atoms with Gasteiger partial charge in [-0.25, -0.2) is 8.42 Å². The Bertz CT molecular complexity index is 888. The standard InChI is InChI=1S/C15H13Cl3N2O3S/c1-8-6-12(17)9(2)14(13(8)18)24(22,23)20-19-15(21)10-4-3-5-11(16)7-10/h3-7,20H,1-2H3,(H,19,21). The molecule has 0 aliphatic rings. The number of aryl methyl sites for hydroxylation is 1. The molecule has 0 radical (unpaired) electrons. The summed E-state index contributed by atoms with van der Waals surface area (Å²) in [6.45, 7) is 3.16. The van der Waals surface area contributed by atoms with Gasteiger partial charge in [0.05, 0.1) is 5.02 Å². The van der Waals surface area contributed by atoms with Gasteiger partial charge >= 0.3 is 0 Å². The van der Waals surface area contributed by atoms with Gasteiger partial charge in [-0.05, 0) is 49.2 Å². The van der Waals surface area contributed by atoms with Crippen LogP contribution in [0, 0.1) is 13.8 Å². The van der Waals surface area contributed by atoms with Crippen molar-refractivity contribution in [3.8, 4) is 0 Å². The van der Waals surface area contributed by atoms with Crippen molar-refractivity contribution in [2.45, 2.75) is 18.7 Å². The van der Waals surface area contributed by atoms with Crippen LogP contribution in [-0.4, -0.2) is 14.3 Å². The summed E-state index contributed by atoms with van der Waals surface area (Å²) >= 11 is 17.9. The molecule has 0 fully saturated rings. The number of hydrogen-bond donors (Lipinski definition) is 2. The van der Waals surface area contributed by atoms with Crippen molar-refractivity contribution in [1.29, 1.82) is 0 Å². The highest BCUT2D eigenvalue weighted by molar-refractivity contribution is 7.89. The monoisotopic (exact) mass is 406 g/mol. The Hall–Kier alpha value is -1.31. The number of carbonyl (C=O) groups excluding carboxylic acids is 1. The van der Waals surface area contributed by atoms with Crippen molar-refractivity contribution in [2.75, 3.05) is 0 Å². The van der Waals surface area contributed by atoms with Crippen LogP contribution < -0.4 is 10.3 Å². The van der Waals surface area contributed by atoms with Gasteiger partial charge in [0, 0.05) is 15.6 Å². The van der Waals surface area contributed by atoms with Crippen molar-refractivity contribution < 1.29 is 13.2 Å². The Kier molecular flexibility index (Phi) is 5.78. The molecule has 0 aliphatic carbocycles. The van der Waals surface area contributed by atoms with E-state index in [0.717, 1.165) is 0 Å². The maximum absolute atomic E-state index is 12.5. The molecule has 0 spiro atoms. The fourth-order valence-corrected chi connectivity index (χ4v) is 4.24. The quantitative estimate of drug-likeness (QED) is 0.755. The molecule has 0 saturated carbocycles. The largest absolute Gasteiger partial charge is 0.273 e. The normalized spacial score (nSPS) is 11.4. The molecule has 0 saturated heterocycles. The number of hydrogen-bond acceptors (Lipinski definition) is 3. The second-order valence-electron chi connectivity index (χ2n) is 5.01. The smallest absolute Gasteiger partial charge is 0.266 e. The maximum atomic E-state index is 12.5. The van der Waals surface area contributed by atoms with Crippen molar-refractivity contribution in [1.82, 2.24) is 10.3 Å². The predicted octanol–water partition coefficient (Wildman–Crippen LogP) is 3.89. The molecule has 2 aromatic carbocycles. The first-order valence-corrected chi connectivity index (χ1v) is 9.28. The van der Waals surface area contributed by atoms with Crippen LogP contribution >= 0.6 is 34.8 Å². The van der Waals surface area contributed by atoms with Gasteiger partial charge in [0.1, 0.15) is 4.90 Å². The molecular formula is C15H13Cl3N2O3S. The minimum atomic E-state index is -4.11. The second-order valence-corrected chi connectivity index (χ2v) is 7.85. The van der Waals surface area contributed by atoms with Crippen LogP contribution in [0.3, 0.4) is 0 Å². The fraction of sp³-hybridized carbons (Fsp3) is 0.133. The Morgan fingerprint density at radius 2 is 1.75 bits per heavy atom. The minimum Gasteiger partial charge on any atom is -0.273 e. The highest BCUT2D eigenvalue weighted by Crippen LogP contribution is 2.33. The van der Waals surface area contributed by atoms with Crippen LogP contribution in [0.5, 0.6) is 0 Å². The summed E-state index contributed by atoms with van der Waals surface area (Å²) in [5, 5.41) is 0.662. The number of benzene rings is 2. The lowest BCUT2D eigenvalue weighted by Crippen LogP contribution is -2.41. The summed E-state index contributed by atoms with van der Waals surface area (Å²) < 4.78 is 25.0. The Labute approximate surface area is 154 Å². The molecule has 2 aromatic rings. The van der Waals surface area contributed by atoms with Gasteiger partial charge in [0.2, 0.25) is 0 Å². The Morgan fingerprint density at radius 3 is 2.38 bits per heavy atom. The zero-order valence-electron chi connectivity index (χ0n) is 12.7. The van der Waals surface area contributed by atoms with Crippen LogP contribution in [0.15, 0.2) is 35.2 Å². The number of amides is 1. The first kappa shape index (κ1) is 19.0. The SMILES string of the molecule is Cc1cc(Cl)c(C)c(S(=O)(=O)NNC(=O)c2cccc(Cl)c2)c1Cl. The predicted molar refractivity (Wildman–Crippen MR) is 95.2 cm³/mol. The highest BCUT2D eigenvalue weighted by Gasteiger charge is 2.24. The fourth-order valence-electron chi connectivity index (χ4n) is 2.00. The van der Waals surface area contributed by atoms with E-state index in [9.17, 15) is 13.2 Å². The van der Waals surface area contributed by atoms with E-state index in [-0.39, 0.29) is 26.1 Å². The van der Waals surface area contributed by atoms with Crippen molar-refractivity contribution >= 4 is 50.7 Å². The van der Waals surface area contributed by atoms with Crippen molar-refractivity contribution in [3.63, 3.8) is 0 Å². The van der Waals surface area contributed by atoms with E-state index in [4.69, 9.17) is 34.8 Å². The van der Waals surface area contributed by atoms with E-state index < -0.39 is 15.9 Å². The summed E-state index contributed by atoms with van der Waals surface area (Å²) in [5.41, 5.74) is 3.12. The van der Waals surface area contributed by atoms with Gasteiger partial charge in [-0.1, -0.05) is 40.9 Å². The molecular weight excluding hydrogens is 395 g/mol. The van der Waals surface area contributed by atoms with Crippen molar-refractivity contribution in [2.24, 2.45) is 0 Å². The third-order valence-electron chi connectivity index (χ3n) is 3.24. The van der Waals surface area contributed by atoms with Crippen LogP contribution in [0.25, 0.3) is 0 Å². The van der Waals surface area contributed by atoms with Crippen LogP contribution in [0.4, 0.5) is 0 Å². The summed E-state index contributed by atoms with van der Waals surface area (Å²) in [6.07, 6.45) is 0. The summed E-state index contributed by atoms with van der Waals surface area (Å²) in [7, 11) is -4.11. The number of hydrazine groups is 1. The summed E-state index contributed by atoms with van der Waals surface area (Å²) in [6, 6.07) is 7.65. The Balaban J connectivity index is 2.29. The topological polar surface area (TPSA) is 75.3 Å². The highest BCUT2D eigenvalue weighted by atomic mass is 35.5. The molecule has 1 amide bonds. The van der Waals surface area contributed by atoms with E-state index in [1.165, 1.54) is 19.1 Å². The molecule has 0 aromatic heterocycles. The van der Waals surface area contributed by atoms with E-state index in [1.807, 2.05) is 4.83 Å². The zero-order valence-corrected chi connectivity index (χ0v) is 15.7. The molecule has 128 valence electrons. The number of sulfonamides is 1. The molecule has 24 heavy (non-hydrogen) atoms. The van der Waals surface area contributed by atoms with Gasteiger partial charge < -0.3 is 0 Å². The number of nitrogens with one attached hydrogen (secondary N) is 2. The van der Waals surface area contributed by atoms with Gasteiger partial charge in [0.15, 0.2) is 0 Å².